The number of para-hydroxylation sites is 1. The van der Waals surface area contributed by atoms with Gasteiger partial charge in [0.25, 0.3) is 0 Å². The fourth-order valence-electron chi connectivity index (χ4n) is 2.60. The number of ether oxygens (including phenoxy) is 2. The molecule has 0 aliphatic carbocycles. The summed E-state index contributed by atoms with van der Waals surface area (Å²) >= 11 is 0. The average Bonchev–Trinajstić information content (AvgIpc) is 2.40. The smallest absolute Gasteiger partial charge is 0.331 e. The lowest BCUT2D eigenvalue weighted by molar-refractivity contribution is -0.151. The van der Waals surface area contributed by atoms with E-state index < -0.39 is 5.54 Å². The molecule has 0 radical (unpaired) electrons. The summed E-state index contributed by atoms with van der Waals surface area (Å²) in [6.07, 6.45) is 1.29. The number of nitrogens with one attached hydrogen (secondary N) is 1. The van der Waals surface area contributed by atoms with E-state index in [2.05, 4.69) is 5.32 Å². The molecule has 0 spiro atoms. The van der Waals surface area contributed by atoms with Crippen molar-refractivity contribution in [2.24, 2.45) is 0 Å². The molecule has 1 aromatic rings. The summed E-state index contributed by atoms with van der Waals surface area (Å²) in [5.41, 5.74) is 1.41. The number of hydrogen-bond acceptors (Lipinski definition) is 4. The first kappa shape index (κ1) is 13.9. The van der Waals surface area contributed by atoms with Crippen molar-refractivity contribution in [3.8, 4) is 0 Å². The van der Waals surface area contributed by atoms with Crippen molar-refractivity contribution in [1.82, 2.24) is 0 Å². The second-order valence-corrected chi connectivity index (χ2v) is 5.15. The minimum absolute atomic E-state index is 0.0457. The Morgan fingerprint density at radius 3 is 2.84 bits per heavy atom. The van der Waals surface area contributed by atoms with Gasteiger partial charge in [0.1, 0.15) is 5.54 Å². The molecule has 0 aromatic heterocycles. The van der Waals surface area contributed by atoms with E-state index in [-0.39, 0.29) is 12.1 Å². The van der Waals surface area contributed by atoms with Crippen LogP contribution in [0.5, 0.6) is 0 Å². The summed E-state index contributed by atoms with van der Waals surface area (Å²) in [5.74, 6) is -0.217. The van der Waals surface area contributed by atoms with Crippen molar-refractivity contribution < 1.29 is 14.3 Å². The van der Waals surface area contributed by atoms with E-state index in [4.69, 9.17) is 9.47 Å². The molecule has 1 aromatic carbocycles. The monoisotopic (exact) mass is 263 g/mol. The molecule has 104 valence electrons. The van der Waals surface area contributed by atoms with Gasteiger partial charge in [0, 0.05) is 25.1 Å². The SMILES string of the molecule is COC(=O)C1(Nc2ccccc2C)CCOC(C)C1. The highest BCUT2D eigenvalue weighted by molar-refractivity contribution is 5.85. The quantitative estimate of drug-likeness (QED) is 0.851. The zero-order valence-corrected chi connectivity index (χ0v) is 11.7. The lowest BCUT2D eigenvalue weighted by Crippen LogP contribution is -2.53. The standard InChI is InChI=1S/C15H21NO3/c1-11-6-4-5-7-13(11)16-15(14(17)18-3)8-9-19-12(2)10-15/h4-7,12,16H,8-10H2,1-3H3. The van der Waals surface area contributed by atoms with Crippen LogP contribution in [0, 0.1) is 6.92 Å². The summed E-state index contributed by atoms with van der Waals surface area (Å²) in [4.78, 5) is 12.2. The second kappa shape index (κ2) is 5.61. The van der Waals surface area contributed by atoms with Crippen LogP contribution in [0.3, 0.4) is 0 Å². The number of rotatable bonds is 3. The molecule has 1 aliphatic heterocycles. The Kier molecular flexibility index (Phi) is 4.10. The maximum absolute atomic E-state index is 12.2. The van der Waals surface area contributed by atoms with Gasteiger partial charge in [-0.05, 0) is 25.5 Å². The van der Waals surface area contributed by atoms with Gasteiger partial charge >= 0.3 is 5.97 Å². The molecule has 1 aliphatic rings. The largest absolute Gasteiger partial charge is 0.467 e. The summed E-state index contributed by atoms with van der Waals surface area (Å²) < 4.78 is 10.5. The lowest BCUT2D eigenvalue weighted by Gasteiger charge is -2.39. The molecule has 4 nitrogen and oxygen atoms in total. The highest BCUT2D eigenvalue weighted by Crippen LogP contribution is 2.31. The number of aryl methyl sites for hydroxylation is 1. The summed E-state index contributed by atoms with van der Waals surface area (Å²) in [7, 11) is 1.43. The van der Waals surface area contributed by atoms with Crippen molar-refractivity contribution in [3.63, 3.8) is 0 Å². The fraction of sp³-hybridized carbons (Fsp3) is 0.533. The Balaban J connectivity index is 2.28. The number of carbonyl (C=O) groups is 1. The van der Waals surface area contributed by atoms with Crippen molar-refractivity contribution in [3.05, 3.63) is 29.8 Å². The Hall–Kier alpha value is -1.55. The molecule has 1 N–H and O–H groups in total. The van der Waals surface area contributed by atoms with Crippen LogP contribution < -0.4 is 5.32 Å². The highest BCUT2D eigenvalue weighted by atomic mass is 16.5. The Morgan fingerprint density at radius 1 is 1.47 bits per heavy atom. The molecule has 0 saturated carbocycles. The zero-order valence-electron chi connectivity index (χ0n) is 11.7. The molecule has 2 rings (SSSR count). The van der Waals surface area contributed by atoms with Crippen molar-refractivity contribution in [2.75, 3.05) is 19.0 Å². The van der Waals surface area contributed by atoms with E-state index in [1.807, 2.05) is 38.1 Å². The summed E-state index contributed by atoms with van der Waals surface area (Å²) in [5, 5.41) is 3.39. The molecule has 0 amide bonds. The Bertz CT molecular complexity index is 460. The van der Waals surface area contributed by atoms with E-state index in [1.165, 1.54) is 7.11 Å². The third-order valence-corrected chi connectivity index (χ3v) is 3.66. The molecular formula is C15H21NO3. The minimum Gasteiger partial charge on any atom is -0.467 e. The van der Waals surface area contributed by atoms with Crippen LogP contribution in [-0.2, 0) is 14.3 Å². The van der Waals surface area contributed by atoms with Crippen LogP contribution in [0.25, 0.3) is 0 Å². The zero-order chi connectivity index (χ0) is 13.9. The van der Waals surface area contributed by atoms with Crippen molar-refractivity contribution in [2.45, 2.75) is 38.3 Å². The van der Waals surface area contributed by atoms with E-state index in [1.54, 1.807) is 0 Å². The first-order chi connectivity index (χ1) is 9.07. The maximum Gasteiger partial charge on any atom is 0.331 e. The molecule has 19 heavy (non-hydrogen) atoms. The van der Waals surface area contributed by atoms with Gasteiger partial charge in [-0.15, -0.1) is 0 Å². The van der Waals surface area contributed by atoms with E-state index in [0.717, 1.165) is 11.3 Å². The molecule has 1 saturated heterocycles. The number of esters is 1. The first-order valence-corrected chi connectivity index (χ1v) is 6.61. The topological polar surface area (TPSA) is 47.6 Å². The number of benzene rings is 1. The molecule has 0 bridgehead atoms. The summed E-state index contributed by atoms with van der Waals surface area (Å²) in [6, 6.07) is 7.96. The van der Waals surface area contributed by atoms with Gasteiger partial charge in [-0.1, -0.05) is 18.2 Å². The molecule has 2 atom stereocenters. The van der Waals surface area contributed by atoms with Gasteiger partial charge in [-0.25, -0.2) is 4.79 Å². The van der Waals surface area contributed by atoms with Gasteiger partial charge in [0.05, 0.1) is 13.2 Å². The van der Waals surface area contributed by atoms with E-state index >= 15 is 0 Å². The number of anilines is 1. The van der Waals surface area contributed by atoms with E-state index in [9.17, 15) is 4.79 Å². The molecular weight excluding hydrogens is 242 g/mol. The van der Waals surface area contributed by atoms with Crippen molar-refractivity contribution >= 4 is 11.7 Å². The van der Waals surface area contributed by atoms with Crippen LogP contribution in [0.1, 0.15) is 25.3 Å². The molecule has 2 unspecified atom stereocenters. The van der Waals surface area contributed by atoms with Gasteiger partial charge in [-0.2, -0.15) is 0 Å². The molecule has 1 heterocycles. The fourth-order valence-corrected chi connectivity index (χ4v) is 2.60. The lowest BCUT2D eigenvalue weighted by atomic mass is 9.86. The second-order valence-electron chi connectivity index (χ2n) is 5.15. The average molecular weight is 263 g/mol. The van der Waals surface area contributed by atoms with Crippen LogP contribution in [-0.4, -0.2) is 31.3 Å². The Labute approximate surface area is 114 Å². The Morgan fingerprint density at radius 2 is 2.21 bits per heavy atom. The van der Waals surface area contributed by atoms with Gasteiger partial charge in [0.15, 0.2) is 0 Å². The van der Waals surface area contributed by atoms with Crippen LogP contribution in [0.2, 0.25) is 0 Å². The van der Waals surface area contributed by atoms with Gasteiger partial charge < -0.3 is 14.8 Å². The minimum atomic E-state index is -0.682. The molecule has 1 fully saturated rings. The maximum atomic E-state index is 12.2. The normalized spacial score (nSPS) is 26.8. The highest BCUT2D eigenvalue weighted by Gasteiger charge is 2.43. The predicted octanol–water partition coefficient (Wildman–Crippen LogP) is 2.52. The third kappa shape index (κ3) is 2.89. The van der Waals surface area contributed by atoms with Crippen molar-refractivity contribution in [1.29, 1.82) is 0 Å². The summed E-state index contributed by atoms with van der Waals surface area (Å²) in [6.45, 7) is 4.57. The van der Waals surface area contributed by atoms with Gasteiger partial charge in [-0.3, -0.25) is 0 Å². The van der Waals surface area contributed by atoms with Crippen LogP contribution in [0.15, 0.2) is 24.3 Å². The predicted molar refractivity (Wildman–Crippen MR) is 74.2 cm³/mol. The van der Waals surface area contributed by atoms with Gasteiger partial charge in [0.2, 0.25) is 0 Å². The first-order valence-electron chi connectivity index (χ1n) is 6.61. The molecule has 4 heteroatoms. The van der Waals surface area contributed by atoms with Crippen LogP contribution in [0.4, 0.5) is 5.69 Å². The third-order valence-electron chi connectivity index (χ3n) is 3.66. The number of hydrogen-bond donors (Lipinski definition) is 1. The number of carbonyl (C=O) groups excluding carboxylic acids is 1. The van der Waals surface area contributed by atoms with Crippen LogP contribution >= 0.6 is 0 Å². The number of methoxy groups -OCH3 is 1. The van der Waals surface area contributed by atoms with E-state index in [0.29, 0.717) is 19.4 Å².